The van der Waals surface area contributed by atoms with Gasteiger partial charge in [0.15, 0.2) is 0 Å². The Balaban J connectivity index is 2.31. The molecule has 20 heavy (non-hydrogen) atoms. The first kappa shape index (κ1) is 14.7. The van der Waals surface area contributed by atoms with E-state index in [-0.39, 0.29) is 0 Å². The van der Waals surface area contributed by atoms with Crippen LogP contribution in [0.5, 0.6) is 5.75 Å². The first-order valence-electron chi connectivity index (χ1n) is 7.22. The molecule has 4 nitrogen and oxygen atoms in total. The number of hydrogen-bond donors (Lipinski definition) is 1. The van der Waals surface area contributed by atoms with Gasteiger partial charge in [-0.2, -0.15) is 5.26 Å². The van der Waals surface area contributed by atoms with Crippen LogP contribution in [-0.2, 0) is 0 Å². The minimum absolute atomic E-state index is 0.410. The van der Waals surface area contributed by atoms with E-state index in [1.165, 1.54) is 19.3 Å². The molecule has 2 rings (SSSR count). The fraction of sp³-hybridized carbons (Fsp3) is 0.562. The van der Waals surface area contributed by atoms with Gasteiger partial charge >= 0.3 is 0 Å². The lowest BCUT2D eigenvalue weighted by Gasteiger charge is -2.39. The molecule has 0 radical (unpaired) electrons. The summed E-state index contributed by atoms with van der Waals surface area (Å²) in [7, 11) is 3.71. The lowest BCUT2D eigenvalue weighted by molar-refractivity contribution is 0.306. The molecule has 1 aromatic rings. The van der Waals surface area contributed by atoms with Crippen molar-refractivity contribution in [3.8, 4) is 11.8 Å². The van der Waals surface area contributed by atoms with Gasteiger partial charge in [-0.1, -0.05) is 12.8 Å². The van der Waals surface area contributed by atoms with Gasteiger partial charge in [-0.25, -0.2) is 0 Å². The average molecular weight is 273 g/mol. The highest BCUT2D eigenvalue weighted by Gasteiger charge is 2.28. The van der Waals surface area contributed by atoms with Crippen LogP contribution in [0.25, 0.3) is 0 Å². The van der Waals surface area contributed by atoms with Crippen molar-refractivity contribution in [2.45, 2.75) is 31.7 Å². The zero-order valence-electron chi connectivity index (χ0n) is 12.3. The fourth-order valence-corrected chi connectivity index (χ4v) is 3.18. The molecule has 108 valence electrons. The van der Waals surface area contributed by atoms with Crippen LogP contribution in [0, 0.1) is 17.2 Å². The van der Waals surface area contributed by atoms with Crippen LogP contribution in [0.15, 0.2) is 18.2 Å². The molecule has 1 aromatic carbocycles. The van der Waals surface area contributed by atoms with Crippen molar-refractivity contribution in [1.82, 2.24) is 0 Å². The summed E-state index contributed by atoms with van der Waals surface area (Å²) in [5, 5.41) is 9.31. The van der Waals surface area contributed by atoms with Gasteiger partial charge in [0.1, 0.15) is 11.8 Å². The normalized spacial score (nSPS) is 22.1. The fourth-order valence-electron chi connectivity index (χ4n) is 3.18. The molecule has 0 heterocycles. The molecular formula is C16H23N3O. The zero-order valence-corrected chi connectivity index (χ0v) is 12.3. The molecule has 0 aliphatic heterocycles. The smallest absolute Gasteiger partial charge is 0.121 e. The van der Waals surface area contributed by atoms with Crippen molar-refractivity contribution in [3.63, 3.8) is 0 Å². The van der Waals surface area contributed by atoms with E-state index >= 15 is 0 Å². The van der Waals surface area contributed by atoms with Crippen LogP contribution < -0.4 is 15.4 Å². The predicted octanol–water partition coefficient (Wildman–Crippen LogP) is 2.52. The van der Waals surface area contributed by atoms with Gasteiger partial charge < -0.3 is 15.4 Å². The SMILES string of the molecule is COc1ccc(C#N)c(N(C)C2CCCCC2CN)c1. The minimum Gasteiger partial charge on any atom is -0.497 e. The highest BCUT2D eigenvalue weighted by Crippen LogP contribution is 2.33. The van der Waals surface area contributed by atoms with Crippen molar-refractivity contribution in [1.29, 1.82) is 5.26 Å². The largest absolute Gasteiger partial charge is 0.497 e. The number of benzene rings is 1. The zero-order chi connectivity index (χ0) is 14.5. The molecule has 1 saturated carbocycles. The van der Waals surface area contributed by atoms with Gasteiger partial charge in [0.05, 0.1) is 18.4 Å². The lowest BCUT2D eigenvalue weighted by atomic mass is 9.83. The van der Waals surface area contributed by atoms with Crippen LogP contribution in [0.3, 0.4) is 0 Å². The number of hydrogen-bond acceptors (Lipinski definition) is 4. The van der Waals surface area contributed by atoms with Gasteiger partial charge in [0, 0.05) is 19.2 Å². The second-order valence-corrected chi connectivity index (χ2v) is 5.45. The van der Waals surface area contributed by atoms with Crippen LogP contribution in [0.4, 0.5) is 5.69 Å². The first-order valence-corrected chi connectivity index (χ1v) is 7.22. The molecule has 0 bridgehead atoms. The Hall–Kier alpha value is -1.73. The Kier molecular flexibility index (Phi) is 4.86. The number of anilines is 1. The number of nitrogens with zero attached hydrogens (tertiary/aromatic N) is 2. The van der Waals surface area contributed by atoms with E-state index in [4.69, 9.17) is 10.5 Å². The second-order valence-electron chi connectivity index (χ2n) is 5.45. The second kappa shape index (κ2) is 6.62. The molecule has 1 aliphatic carbocycles. The molecule has 0 saturated heterocycles. The van der Waals surface area contributed by atoms with Gasteiger partial charge in [-0.05, 0) is 37.4 Å². The Morgan fingerprint density at radius 3 is 2.80 bits per heavy atom. The summed E-state index contributed by atoms with van der Waals surface area (Å²) in [6, 6.07) is 8.28. The van der Waals surface area contributed by atoms with E-state index in [1.54, 1.807) is 7.11 Å². The molecule has 0 amide bonds. The van der Waals surface area contributed by atoms with E-state index in [0.717, 1.165) is 17.9 Å². The van der Waals surface area contributed by atoms with Crippen LogP contribution >= 0.6 is 0 Å². The highest BCUT2D eigenvalue weighted by atomic mass is 16.5. The van der Waals surface area contributed by atoms with Gasteiger partial charge in [-0.3, -0.25) is 0 Å². The summed E-state index contributed by atoms with van der Waals surface area (Å²) in [6.45, 7) is 0.709. The number of rotatable bonds is 4. The Morgan fingerprint density at radius 2 is 2.15 bits per heavy atom. The molecule has 2 atom stereocenters. The van der Waals surface area contributed by atoms with Crippen molar-refractivity contribution in [2.75, 3.05) is 25.6 Å². The Bertz CT molecular complexity index is 495. The molecule has 0 spiro atoms. The predicted molar refractivity (Wildman–Crippen MR) is 80.9 cm³/mol. The van der Waals surface area contributed by atoms with Gasteiger partial charge in [-0.15, -0.1) is 0 Å². The maximum absolute atomic E-state index is 9.31. The number of ether oxygens (including phenoxy) is 1. The van der Waals surface area contributed by atoms with Crippen molar-refractivity contribution >= 4 is 5.69 Å². The summed E-state index contributed by atoms with van der Waals surface area (Å²) in [4.78, 5) is 2.22. The minimum atomic E-state index is 0.410. The monoisotopic (exact) mass is 273 g/mol. The summed E-state index contributed by atoms with van der Waals surface area (Å²) < 4.78 is 5.28. The maximum atomic E-state index is 9.31. The third-order valence-corrected chi connectivity index (χ3v) is 4.37. The molecular weight excluding hydrogens is 250 g/mol. The maximum Gasteiger partial charge on any atom is 0.121 e. The van der Waals surface area contributed by atoms with E-state index < -0.39 is 0 Å². The lowest BCUT2D eigenvalue weighted by Crippen LogP contribution is -2.43. The summed E-state index contributed by atoms with van der Waals surface area (Å²) >= 11 is 0. The van der Waals surface area contributed by atoms with Crippen LogP contribution in [0.1, 0.15) is 31.2 Å². The molecule has 1 aliphatic rings. The number of nitrogens with two attached hydrogens (primary N) is 1. The van der Waals surface area contributed by atoms with Crippen molar-refractivity contribution in [3.05, 3.63) is 23.8 Å². The van der Waals surface area contributed by atoms with E-state index in [9.17, 15) is 5.26 Å². The number of methoxy groups -OCH3 is 1. The summed E-state index contributed by atoms with van der Waals surface area (Å²) in [6.07, 6.45) is 4.81. The molecule has 2 unspecified atom stereocenters. The summed E-state index contributed by atoms with van der Waals surface area (Å²) in [5.74, 6) is 1.29. The van der Waals surface area contributed by atoms with E-state index in [0.29, 0.717) is 24.1 Å². The molecule has 0 aromatic heterocycles. The third-order valence-electron chi connectivity index (χ3n) is 4.37. The Morgan fingerprint density at radius 1 is 1.40 bits per heavy atom. The topological polar surface area (TPSA) is 62.3 Å². The molecule has 1 fully saturated rings. The van der Waals surface area contributed by atoms with Crippen molar-refractivity contribution in [2.24, 2.45) is 11.7 Å². The number of nitriles is 1. The van der Waals surface area contributed by atoms with Gasteiger partial charge in [0.25, 0.3) is 0 Å². The highest BCUT2D eigenvalue weighted by molar-refractivity contribution is 5.62. The summed E-state index contributed by atoms with van der Waals surface area (Å²) in [5.41, 5.74) is 7.55. The van der Waals surface area contributed by atoms with E-state index in [1.807, 2.05) is 18.2 Å². The quantitative estimate of drug-likeness (QED) is 0.915. The van der Waals surface area contributed by atoms with E-state index in [2.05, 4.69) is 18.0 Å². The Labute approximate surface area is 121 Å². The van der Waals surface area contributed by atoms with Crippen LogP contribution in [0.2, 0.25) is 0 Å². The van der Waals surface area contributed by atoms with Crippen molar-refractivity contribution < 1.29 is 4.74 Å². The first-order chi connectivity index (χ1) is 9.71. The third kappa shape index (κ3) is 2.88. The standard InChI is InChI=1S/C16H23N3O/c1-19(15-6-4-3-5-12(15)10-17)16-9-14(20-2)8-7-13(16)11-18/h7-9,12,15H,3-6,10,17H2,1-2H3. The average Bonchev–Trinajstić information content (AvgIpc) is 2.53. The molecule has 2 N–H and O–H groups in total. The molecule has 4 heteroatoms. The van der Waals surface area contributed by atoms with Gasteiger partial charge in [0.2, 0.25) is 0 Å². The van der Waals surface area contributed by atoms with Crippen LogP contribution in [-0.4, -0.2) is 26.7 Å².